The van der Waals surface area contributed by atoms with E-state index in [0.717, 1.165) is 67.4 Å². The van der Waals surface area contributed by atoms with Gasteiger partial charge in [0.2, 0.25) is 0 Å². The minimum absolute atomic E-state index is 0. The van der Waals surface area contributed by atoms with E-state index < -0.39 is 0 Å². The molecule has 146 valence electrons. The van der Waals surface area contributed by atoms with Crippen molar-refractivity contribution in [3.8, 4) is 0 Å². The van der Waals surface area contributed by atoms with Crippen molar-refractivity contribution in [3.05, 3.63) is 33.1 Å². The maximum absolute atomic E-state index is 5.41. The van der Waals surface area contributed by atoms with Gasteiger partial charge in [0.05, 0.1) is 22.9 Å². The number of hydrogen-bond donors (Lipinski definition) is 2. The lowest BCUT2D eigenvalue weighted by Gasteiger charge is -2.10. The zero-order chi connectivity index (χ0) is 18.1. The molecule has 2 rings (SSSR count). The number of guanidine groups is 1. The smallest absolute Gasteiger partial charge is 0.191 e. The molecular formula is C18H30IN5OS. The molecule has 0 aliphatic carbocycles. The second-order valence-corrected chi connectivity index (χ2v) is 6.64. The normalized spacial score (nSPS) is 11.3. The van der Waals surface area contributed by atoms with Gasteiger partial charge in [0.1, 0.15) is 5.76 Å². The van der Waals surface area contributed by atoms with Gasteiger partial charge in [0, 0.05) is 36.9 Å². The molecule has 0 aromatic carbocycles. The zero-order valence-corrected chi connectivity index (χ0v) is 19.2. The third-order valence-electron chi connectivity index (χ3n) is 3.92. The maximum Gasteiger partial charge on any atom is 0.191 e. The SMILES string of the molecule is CCNC(=NCc1c(CC)noc1CC)NCCc1csc(CC)n1.I. The molecule has 2 aromatic rings. The van der Waals surface area contributed by atoms with Gasteiger partial charge >= 0.3 is 0 Å². The molecule has 8 heteroatoms. The van der Waals surface area contributed by atoms with Crippen molar-refractivity contribution in [2.45, 2.75) is 59.9 Å². The second kappa shape index (κ2) is 12.3. The Morgan fingerprint density at radius 2 is 1.96 bits per heavy atom. The summed E-state index contributed by atoms with van der Waals surface area (Å²) in [6.07, 6.45) is 3.60. The molecule has 2 aromatic heterocycles. The van der Waals surface area contributed by atoms with Crippen LogP contribution < -0.4 is 10.6 Å². The first kappa shape index (κ1) is 22.9. The number of nitrogens with one attached hydrogen (secondary N) is 2. The Hall–Kier alpha value is -1.16. The van der Waals surface area contributed by atoms with Crippen LogP contribution in [0.3, 0.4) is 0 Å². The molecule has 6 nitrogen and oxygen atoms in total. The molecule has 0 fully saturated rings. The summed E-state index contributed by atoms with van der Waals surface area (Å²) in [5, 5.41) is 14.2. The Morgan fingerprint density at radius 1 is 1.15 bits per heavy atom. The standard InChI is InChI=1S/C18H29N5OS.HI/c1-5-15-14(16(6-2)24-23-15)11-21-18(19-8-4)20-10-9-13-12-25-17(7-3)22-13;/h12H,5-11H2,1-4H3,(H2,19,20,21);1H. The van der Waals surface area contributed by atoms with Gasteiger partial charge in [-0.3, -0.25) is 0 Å². The van der Waals surface area contributed by atoms with Gasteiger partial charge in [-0.1, -0.05) is 25.9 Å². The number of aryl methyl sites for hydroxylation is 3. The van der Waals surface area contributed by atoms with Gasteiger partial charge in [0.25, 0.3) is 0 Å². The molecule has 0 spiro atoms. The molecule has 0 bridgehead atoms. The van der Waals surface area contributed by atoms with E-state index in [9.17, 15) is 0 Å². The Labute approximate surface area is 177 Å². The molecule has 0 saturated carbocycles. The minimum atomic E-state index is 0. The largest absolute Gasteiger partial charge is 0.361 e. The molecule has 0 amide bonds. The molecule has 0 aliphatic rings. The van der Waals surface area contributed by atoms with Crippen molar-refractivity contribution in [2.75, 3.05) is 13.1 Å². The predicted octanol–water partition coefficient (Wildman–Crippen LogP) is 3.73. The molecule has 0 aliphatic heterocycles. The highest BCUT2D eigenvalue weighted by Crippen LogP contribution is 2.16. The zero-order valence-electron chi connectivity index (χ0n) is 16.1. The molecular weight excluding hydrogens is 461 g/mol. The fourth-order valence-electron chi connectivity index (χ4n) is 2.55. The van der Waals surface area contributed by atoms with Crippen LogP contribution in [0, 0.1) is 0 Å². The van der Waals surface area contributed by atoms with E-state index in [4.69, 9.17) is 9.52 Å². The monoisotopic (exact) mass is 491 g/mol. The maximum atomic E-state index is 5.41. The molecule has 2 N–H and O–H groups in total. The summed E-state index contributed by atoms with van der Waals surface area (Å²) in [5.74, 6) is 1.75. The lowest BCUT2D eigenvalue weighted by molar-refractivity contribution is 0.380. The first-order valence-corrected chi connectivity index (χ1v) is 10.0. The first-order valence-electron chi connectivity index (χ1n) is 9.13. The molecule has 0 radical (unpaired) electrons. The van der Waals surface area contributed by atoms with Crippen molar-refractivity contribution in [2.24, 2.45) is 4.99 Å². The average Bonchev–Trinajstić information content (AvgIpc) is 3.25. The molecule has 0 atom stereocenters. The van der Waals surface area contributed by atoms with Crippen molar-refractivity contribution >= 4 is 41.3 Å². The van der Waals surface area contributed by atoms with E-state index in [0.29, 0.717) is 6.54 Å². The Morgan fingerprint density at radius 3 is 2.58 bits per heavy atom. The minimum Gasteiger partial charge on any atom is -0.361 e. The van der Waals surface area contributed by atoms with Gasteiger partial charge in [-0.2, -0.15) is 0 Å². The summed E-state index contributed by atoms with van der Waals surface area (Å²) in [6, 6.07) is 0. The van der Waals surface area contributed by atoms with Crippen molar-refractivity contribution in [3.63, 3.8) is 0 Å². The Balaban J connectivity index is 0.00000338. The number of nitrogens with zero attached hydrogens (tertiary/aromatic N) is 3. The van der Waals surface area contributed by atoms with E-state index in [1.807, 2.05) is 0 Å². The molecule has 0 saturated heterocycles. The summed E-state index contributed by atoms with van der Waals surface area (Å²) in [7, 11) is 0. The summed E-state index contributed by atoms with van der Waals surface area (Å²) in [5.41, 5.74) is 3.27. The highest BCUT2D eigenvalue weighted by molar-refractivity contribution is 14.0. The van der Waals surface area contributed by atoms with E-state index in [1.165, 1.54) is 5.01 Å². The lowest BCUT2D eigenvalue weighted by atomic mass is 10.1. The second-order valence-electron chi connectivity index (χ2n) is 5.70. The van der Waals surface area contributed by atoms with E-state index in [2.05, 4.69) is 53.8 Å². The molecule has 0 unspecified atom stereocenters. The summed E-state index contributed by atoms with van der Waals surface area (Å²) in [6.45, 7) is 10.6. The van der Waals surface area contributed by atoms with Gasteiger partial charge < -0.3 is 15.2 Å². The number of aliphatic imine (C=N–C) groups is 1. The van der Waals surface area contributed by atoms with Crippen LogP contribution in [-0.2, 0) is 32.2 Å². The summed E-state index contributed by atoms with van der Waals surface area (Å²) < 4.78 is 5.41. The van der Waals surface area contributed by atoms with Crippen LogP contribution in [0.4, 0.5) is 0 Å². The third kappa shape index (κ3) is 6.53. The molecule has 2 heterocycles. The highest BCUT2D eigenvalue weighted by Gasteiger charge is 2.13. The summed E-state index contributed by atoms with van der Waals surface area (Å²) >= 11 is 1.73. The average molecular weight is 491 g/mol. The van der Waals surface area contributed by atoms with Crippen LogP contribution in [0.15, 0.2) is 14.9 Å². The van der Waals surface area contributed by atoms with Gasteiger partial charge in [-0.25, -0.2) is 9.98 Å². The first-order chi connectivity index (χ1) is 12.2. The van der Waals surface area contributed by atoms with Crippen LogP contribution >= 0.6 is 35.3 Å². The van der Waals surface area contributed by atoms with Crippen LogP contribution in [0.5, 0.6) is 0 Å². The third-order valence-corrected chi connectivity index (χ3v) is 4.96. The Bertz CT molecular complexity index is 661. The van der Waals surface area contributed by atoms with Crippen LogP contribution in [0.1, 0.15) is 55.4 Å². The fourth-order valence-corrected chi connectivity index (χ4v) is 3.33. The van der Waals surface area contributed by atoms with Gasteiger partial charge in [-0.05, 0) is 19.8 Å². The van der Waals surface area contributed by atoms with Crippen molar-refractivity contribution < 1.29 is 4.52 Å². The van der Waals surface area contributed by atoms with Gasteiger partial charge in [0.15, 0.2) is 5.96 Å². The number of thiazole rings is 1. The van der Waals surface area contributed by atoms with E-state index in [-0.39, 0.29) is 24.0 Å². The quantitative estimate of drug-likeness (QED) is 0.318. The Kier molecular flexibility index (Phi) is 10.8. The van der Waals surface area contributed by atoms with Crippen LogP contribution in [-0.4, -0.2) is 29.2 Å². The number of aromatic nitrogens is 2. The number of hydrogen-bond acceptors (Lipinski definition) is 5. The van der Waals surface area contributed by atoms with Crippen molar-refractivity contribution in [1.82, 2.24) is 20.8 Å². The van der Waals surface area contributed by atoms with Crippen molar-refractivity contribution in [1.29, 1.82) is 0 Å². The van der Waals surface area contributed by atoms with Gasteiger partial charge in [-0.15, -0.1) is 35.3 Å². The fraction of sp³-hybridized carbons (Fsp3) is 0.611. The van der Waals surface area contributed by atoms with E-state index in [1.54, 1.807) is 11.3 Å². The highest BCUT2D eigenvalue weighted by atomic mass is 127. The lowest BCUT2D eigenvalue weighted by Crippen LogP contribution is -2.38. The summed E-state index contributed by atoms with van der Waals surface area (Å²) in [4.78, 5) is 9.30. The topological polar surface area (TPSA) is 75.3 Å². The van der Waals surface area contributed by atoms with Crippen LogP contribution in [0.25, 0.3) is 0 Å². The molecule has 26 heavy (non-hydrogen) atoms. The predicted molar refractivity (Wildman–Crippen MR) is 119 cm³/mol. The number of rotatable bonds is 9. The number of halogens is 1. The van der Waals surface area contributed by atoms with Crippen LogP contribution in [0.2, 0.25) is 0 Å². The van der Waals surface area contributed by atoms with E-state index >= 15 is 0 Å².